The van der Waals surface area contributed by atoms with E-state index in [0.717, 1.165) is 54.8 Å². The minimum atomic E-state index is 0.153. The third-order valence-electron chi connectivity index (χ3n) is 4.47. The van der Waals surface area contributed by atoms with Crippen molar-refractivity contribution in [2.45, 2.75) is 19.8 Å². The van der Waals surface area contributed by atoms with Crippen LogP contribution in [0.4, 0.5) is 5.13 Å². The lowest BCUT2D eigenvalue weighted by atomic mass is 10.3. The quantitative estimate of drug-likeness (QED) is 0.724. The van der Waals surface area contributed by atoms with E-state index in [0.29, 0.717) is 6.42 Å². The first-order chi connectivity index (χ1) is 12.2. The number of thiazole rings is 1. The second kappa shape index (κ2) is 6.84. The molecule has 1 saturated heterocycles. The van der Waals surface area contributed by atoms with E-state index in [-0.39, 0.29) is 5.91 Å². The van der Waals surface area contributed by atoms with Crippen LogP contribution >= 0.6 is 11.3 Å². The number of hydrogen-bond donors (Lipinski definition) is 0. The SMILES string of the molecule is Cc1csc(N2CCCN(C(=O)Cc3cn4ccccc4n3)CC2)n1. The summed E-state index contributed by atoms with van der Waals surface area (Å²) >= 11 is 1.68. The molecule has 3 aromatic rings. The Bertz CT molecular complexity index is 853. The fraction of sp³-hybridized carbons (Fsp3) is 0.389. The summed E-state index contributed by atoms with van der Waals surface area (Å²) in [5, 5.41) is 3.14. The summed E-state index contributed by atoms with van der Waals surface area (Å²) in [6.45, 7) is 5.34. The molecular formula is C18H21N5OS. The van der Waals surface area contributed by atoms with Gasteiger partial charge >= 0.3 is 0 Å². The molecule has 25 heavy (non-hydrogen) atoms. The zero-order valence-electron chi connectivity index (χ0n) is 14.3. The van der Waals surface area contributed by atoms with Crippen molar-refractivity contribution in [2.24, 2.45) is 0 Å². The Morgan fingerprint density at radius 1 is 1.20 bits per heavy atom. The van der Waals surface area contributed by atoms with Crippen molar-refractivity contribution in [3.05, 3.63) is 47.4 Å². The zero-order valence-corrected chi connectivity index (χ0v) is 15.1. The Balaban J connectivity index is 1.40. The molecule has 4 rings (SSSR count). The maximum absolute atomic E-state index is 12.7. The van der Waals surface area contributed by atoms with Gasteiger partial charge in [0.05, 0.1) is 17.8 Å². The molecule has 7 heteroatoms. The van der Waals surface area contributed by atoms with E-state index in [9.17, 15) is 4.79 Å². The molecule has 0 saturated carbocycles. The highest BCUT2D eigenvalue weighted by Crippen LogP contribution is 2.21. The highest BCUT2D eigenvalue weighted by molar-refractivity contribution is 7.13. The highest BCUT2D eigenvalue weighted by Gasteiger charge is 2.21. The molecule has 4 heterocycles. The number of fused-ring (bicyclic) bond motifs is 1. The van der Waals surface area contributed by atoms with E-state index >= 15 is 0 Å². The number of hydrogen-bond acceptors (Lipinski definition) is 5. The van der Waals surface area contributed by atoms with Crippen LogP contribution in [0, 0.1) is 6.92 Å². The van der Waals surface area contributed by atoms with Gasteiger partial charge in [0.15, 0.2) is 5.13 Å². The van der Waals surface area contributed by atoms with E-state index in [2.05, 4.69) is 20.2 Å². The number of nitrogens with zero attached hydrogens (tertiary/aromatic N) is 5. The van der Waals surface area contributed by atoms with Crippen LogP contribution in [-0.4, -0.2) is 51.4 Å². The normalized spacial score (nSPS) is 15.6. The zero-order chi connectivity index (χ0) is 17.2. The Morgan fingerprint density at radius 2 is 2.12 bits per heavy atom. The van der Waals surface area contributed by atoms with Gasteiger partial charge in [0, 0.05) is 44.0 Å². The molecule has 0 bridgehead atoms. The van der Waals surface area contributed by atoms with Crippen molar-refractivity contribution in [2.75, 3.05) is 31.1 Å². The van der Waals surface area contributed by atoms with Crippen molar-refractivity contribution in [1.82, 2.24) is 19.3 Å². The maximum atomic E-state index is 12.7. The molecule has 1 fully saturated rings. The second-order valence-corrected chi connectivity index (χ2v) is 7.20. The van der Waals surface area contributed by atoms with Crippen LogP contribution in [0.25, 0.3) is 5.65 Å². The van der Waals surface area contributed by atoms with Crippen LogP contribution in [0.2, 0.25) is 0 Å². The molecule has 0 unspecified atom stereocenters. The lowest BCUT2D eigenvalue weighted by Crippen LogP contribution is -2.36. The Kier molecular flexibility index (Phi) is 4.40. The Hall–Kier alpha value is -2.41. The van der Waals surface area contributed by atoms with E-state index in [1.165, 1.54) is 0 Å². The molecule has 0 radical (unpaired) electrons. The van der Waals surface area contributed by atoms with Crippen LogP contribution in [0.3, 0.4) is 0 Å². The average molecular weight is 355 g/mol. The third kappa shape index (κ3) is 3.51. The van der Waals surface area contributed by atoms with E-state index in [1.54, 1.807) is 11.3 Å². The first-order valence-corrected chi connectivity index (χ1v) is 9.44. The van der Waals surface area contributed by atoms with Crippen molar-refractivity contribution in [3.8, 4) is 0 Å². The minimum Gasteiger partial charge on any atom is -0.346 e. The summed E-state index contributed by atoms with van der Waals surface area (Å²) in [6, 6.07) is 5.87. The smallest absolute Gasteiger partial charge is 0.228 e. The number of anilines is 1. The highest BCUT2D eigenvalue weighted by atomic mass is 32.1. The Labute approximate surface area is 150 Å². The number of carbonyl (C=O) groups excluding carboxylic acids is 1. The van der Waals surface area contributed by atoms with Gasteiger partial charge in [-0.15, -0.1) is 11.3 Å². The summed E-state index contributed by atoms with van der Waals surface area (Å²) < 4.78 is 1.96. The van der Waals surface area contributed by atoms with Gasteiger partial charge in [-0.05, 0) is 25.5 Å². The summed E-state index contributed by atoms with van der Waals surface area (Å²) in [6.07, 6.45) is 5.22. The van der Waals surface area contributed by atoms with E-state index in [1.807, 2.05) is 46.8 Å². The van der Waals surface area contributed by atoms with Crippen LogP contribution in [-0.2, 0) is 11.2 Å². The lowest BCUT2D eigenvalue weighted by Gasteiger charge is -2.21. The van der Waals surface area contributed by atoms with Gasteiger partial charge in [0.25, 0.3) is 0 Å². The van der Waals surface area contributed by atoms with Crippen LogP contribution < -0.4 is 4.90 Å². The summed E-state index contributed by atoms with van der Waals surface area (Å²) in [5.41, 5.74) is 2.77. The first-order valence-electron chi connectivity index (χ1n) is 8.56. The number of aryl methyl sites for hydroxylation is 1. The topological polar surface area (TPSA) is 53.7 Å². The number of pyridine rings is 1. The van der Waals surface area contributed by atoms with Gasteiger partial charge < -0.3 is 14.2 Å². The lowest BCUT2D eigenvalue weighted by molar-refractivity contribution is -0.130. The number of carbonyl (C=O) groups is 1. The van der Waals surface area contributed by atoms with Gasteiger partial charge in [-0.2, -0.15) is 0 Å². The third-order valence-corrected chi connectivity index (χ3v) is 5.49. The van der Waals surface area contributed by atoms with Crippen molar-refractivity contribution in [1.29, 1.82) is 0 Å². The fourth-order valence-corrected chi connectivity index (χ4v) is 4.04. The predicted octanol–water partition coefficient (Wildman–Crippen LogP) is 2.38. The van der Waals surface area contributed by atoms with E-state index in [4.69, 9.17) is 0 Å². The monoisotopic (exact) mass is 355 g/mol. The maximum Gasteiger partial charge on any atom is 0.228 e. The summed E-state index contributed by atoms with van der Waals surface area (Å²) in [5.74, 6) is 0.153. The molecule has 1 aliphatic heterocycles. The van der Waals surface area contributed by atoms with Gasteiger partial charge in [0.1, 0.15) is 5.65 Å². The molecule has 0 spiro atoms. The minimum absolute atomic E-state index is 0.153. The van der Waals surface area contributed by atoms with Gasteiger partial charge in [-0.1, -0.05) is 6.07 Å². The number of imidazole rings is 1. The van der Waals surface area contributed by atoms with Crippen molar-refractivity contribution in [3.63, 3.8) is 0 Å². The predicted molar refractivity (Wildman–Crippen MR) is 99.2 cm³/mol. The Morgan fingerprint density at radius 3 is 2.92 bits per heavy atom. The number of aromatic nitrogens is 3. The van der Waals surface area contributed by atoms with Gasteiger partial charge in [0.2, 0.25) is 5.91 Å². The van der Waals surface area contributed by atoms with E-state index < -0.39 is 0 Å². The number of rotatable bonds is 3. The molecule has 1 aliphatic rings. The molecule has 0 atom stereocenters. The summed E-state index contributed by atoms with van der Waals surface area (Å²) in [4.78, 5) is 26.0. The van der Waals surface area contributed by atoms with Crippen LogP contribution in [0.15, 0.2) is 36.0 Å². The molecule has 130 valence electrons. The first kappa shape index (κ1) is 16.1. The van der Waals surface area contributed by atoms with Crippen molar-refractivity contribution < 1.29 is 4.79 Å². The molecule has 3 aromatic heterocycles. The second-order valence-electron chi connectivity index (χ2n) is 6.37. The van der Waals surface area contributed by atoms with Gasteiger partial charge in [-0.3, -0.25) is 4.79 Å². The standard InChI is InChI=1S/C18H21N5OS/c1-14-13-25-18(19-14)22-8-4-7-21(9-10-22)17(24)11-15-12-23-6-3-2-5-16(23)20-15/h2-3,5-6,12-13H,4,7-11H2,1H3. The molecule has 6 nitrogen and oxygen atoms in total. The molecule has 0 aliphatic carbocycles. The van der Waals surface area contributed by atoms with Crippen molar-refractivity contribution >= 4 is 28.0 Å². The molecule has 1 amide bonds. The largest absolute Gasteiger partial charge is 0.346 e. The molecule has 0 N–H and O–H groups in total. The van der Waals surface area contributed by atoms with Crippen LogP contribution in [0.5, 0.6) is 0 Å². The summed E-state index contributed by atoms with van der Waals surface area (Å²) in [7, 11) is 0. The van der Waals surface area contributed by atoms with Gasteiger partial charge in [-0.25, -0.2) is 9.97 Å². The number of amides is 1. The fourth-order valence-electron chi connectivity index (χ4n) is 3.18. The molecule has 0 aromatic carbocycles. The van der Waals surface area contributed by atoms with Crippen LogP contribution in [0.1, 0.15) is 17.8 Å². The molecular weight excluding hydrogens is 334 g/mol. The average Bonchev–Trinajstić information content (AvgIpc) is 3.12.